The summed E-state index contributed by atoms with van der Waals surface area (Å²) < 4.78 is 0. The van der Waals surface area contributed by atoms with Crippen molar-refractivity contribution in [1.82, 2.24) is 9.97 Å². The van der Waals surface area contributed by atoms with Gasteiger partial charge in [0.05, 0.1) is 0 Å². The van der Waals surface area contributed by atoms with E-state index >= 15 is 0 Å². The van der Waals surface area contributed by atoms with E-state index in [1.807, 2.05) is 18.3 Å². The molecule has 0 bridgehead atoms. The quantitative estimate of drug-likeness (QED) is 0.923. The highest BCUT2D eigenvalue weighted by Crippen LogP contribution is 2.26. The molecule has 4 nitrogen and oxygen atoms in total. The molecule has 0 atom stereocenters. The van der Waals surface area contributed by atoms with E-state index in [2.05, 4.69) is 27.3 Å². The number of aromatic nitrogens is 2. The van der Waals surface area contributed by atoms with E-state index in [0.717, 1.165) is 36.3 Å². The van der Waals surface area contributed by atoms with Gasteiger partial charge in [-0.25, -0.2) is 4.98 Å². The number of nitrogens with zero attached hydrogens (tertiary/aromatic N) is 3. The average Bonchev–Trinajstić information content (AvgIpc) is 3.07. The molecule has 0 spiro atoms. The second-order valence-corrected chi connectivity index (χ2v) is 6.89. The molecule has 1 aliphatic heterocycles. The van der Waals surface area contributed by atoms with Crippen molar-refractivity contribution >= 4 is 23.4 Å². The van der Waals surface area contributed by atoms with E-state index in [0.29, 0.717) is 6.04 Å². The van der Waals surface area contributed by atoms with Crippen molar-refractivity contribution in [3.63, 3.8) is 0 Å². The Bertz CT molecular complexity index is 697. The molecule has 2 aromatic rings. The maximum absolute atomic E-state index is 6.09. The van der Waals surface area contributed by atoms with Gasteiger partial charge in [0.15, 0.2) is 0 Å². The maximum Gasteiger partial charge on any atom is 0.224 e. The lowest BCUT2D eigenvalue weighted by Crippen LogP contribution is -2.31. The molecule has 23 heavy (non-hydrogen) atoms. The minimum Gasteiger partial charge on any atom is -0.352 e. The van der Waals surface area contributed by atoms with Crippen LogP contribution in [0, 0.1) is 0 Å². The van der Waals surface area contributed by atoms with Crippen LogP contribution in [0.4, 0.5) is 11.8 Å². The van der Waals surface area contributed by atoms with Gasteiger partial charge in [0.1, 0.15) is 5.82 Å². The van der Waals surface area contributed by atoms with Gasteiger partial charge >= 0.3 is 0 Å². The Hall–Kier alpha value is -1.81. The molecule has 0 amide bonds. The number of hydrogen-bond donors (Lipinski definition) is 1. The van der Waals surface area contributed by atoms with Crippen LogP contribution in [0.15, 0.2) is 30.5 Å². The highest BCUT2D eigenvalue weighted by atomic mass is 35.5. The summed E-state index contributed by atoms with van der Waals surface area (Å²) in [6.07, 6.45) is 7.94. The third kappa shape index (κ3) is 3.27. The third-order valence-corrected chi connectivity index (χ3v) is 5.07. The first kappa shape index (κ1) is 14.8. The van der Waals surface area contributed by atoms with Crippen LogP contribution in [-0.2, 0) is 13.0 Å². The Morgan fingerprint density at radius 1 is 1.13 bits per heavy atom. The van der Waals surface area contributed by atoms with Crippen molar-refractivity contribution in [1.29, 1.82) is 0 Å². The number of nitrogens with one attached hydrogen (secondary N) is 1. The lowest BCUT2D eigenvalue weighted by Gasteiger charge is -2.30. The molecule has 2 aliphatic rings. The Balaban J connectivity index is 1.51. The Morgan fingerprint density at radius 2 is 2.00 bits per heavy atom. The Morgan fingerprint density at radius 3 is 2.87 bits per heavy atom. The maximum atomic E-state index is 6.09. The summed E-state index contributed by atoms with van der Waals surface area (Å²) in [5.74, 6) is 1.76. The zero-order valence-electron chi connectivity index (χ0n) is 13.1. The van der Waals surface area contributed by atoms with E-state index < -0.39 is 0 Å². The molecule has 2 heterocycles. The normalized spacial score (nSPS) is 18.0. The van der Waals surface area contributed by atoms with Crippen LogP contribution in [0.1, 0.15) is 36.8 Å². The molecule has 1 aromatic carbocycles. The summed E-state index contributed by atoms with van der Waals surface area (Å²) >= 11 is 6.09. The van der Waals surface area contributed by atoms with Gasteiger partial charge in [0, 0.05) is 30.4 Å². The second-order valence-electron chi connectivity index (χ2n) is 6.45. The summed E-state index contributed by atoms with van der Waals surface area (Å²) in [5.41, 5.74) is 2.69. The van der Waals surface area contributed by atoms with Gasteiger partial charge < -0.3 is 10.2 Å². The zero-order chi connectivity index (χ0) is 15.6. The smallest absolute Gasteiger partial charge is 0.224 e. The van der Waals surface area contributed by atoms with Gasteiger partial charge in [-0.15, -0.1) is 0 Å². The number of rotatable bonds is 3. The summed E-state index contributed by atoms with van der Waals surface area (Å²) in [6, 6.07) is 8.72. The molecule has 1 aliphatic carbocycles. The van der Waals surface area contributed by atoms with Gasteiger partial charge in [0.25, 0.3) is 0 Å². The third-order valence-electron chi connectivity index (χ3n) is 4.83. The van der Waals surface area contributed by atoms with Crippen molar-refractivity contribution in [2.24, 2.45) is 0 Å². The monoisotopic (exact) mass is 328 g/mol. The topological polar surface area (TPSA) is 41.1 Å². The number of anilines is 2. The Kier molecular flexibility index (Phi) is 4.08. The SMILES string of the molecule is Clc1ccc2c(c1)CCN(c1ccnc(NC3CCCC3)n1)C2. The molecule has 1 fully saturated rings. The summed E-state index contributed by atoms with van der Waals surface area (Å²) in [6.45, 7) is 1.85. The van der Waals surface area contributed by atoms with Gasteiger partial charge in [-0.2, -0.15) is 4.98 Å². The summed E-state index contributed by atoms with van der Waals surface area (Å²) in [7, 11) is 0. The number of halogens is 1. The minimum absolute atomic E-state index is 0.537. The molecule has 1 N–H and O–H groups in total. The van der Waals surface area contributed by atoms with E-state index in [1.165, 1.54) is 36.8 Å². The van der Waals surface area contributed by atoms with E-state index in [-0.39, 0.29) is 0 Å². The molecule has 0 saturated heterocycles. The van der Waals surface area contributed by atoms with Crippen molar-refractivity contribution in [3.05, 3.63) is 46.6 Å². The number of hydrogen-bond acceptors (Lipinski definition) is 4. The van der Waals surface area contributed by atoms with Gasteiger partial charge in [-0.1, -0.05) is 30.5 Å². The van der Waals surface area contributed by atoms with E-state index in [4.69, 9.17) is 16.6 Å². The summed E-state index contributed by atoms with van der Waals surface area (Å²) in [5, 5.41) is 4.30. The highest BCUT2D eigenvalue weighted by Gasteiger charge is 2.19. The van der Waals surface area contributed by atoms with Crippen LogP contribution in [0.2, 0.25) is 5.02 Å². The van der Waals surface area contributed by atoms with Crippen LogP contribution in [0.25, 0.3) is 0 Å². The van der Waals surface area contributed by atoms with Crippen molar-refractivity contribution < 1.29 is 0 Å². The molecule has 4 rings (SSSR count). The molecule has 5 heteroatoms. The largest absolute Gasteiger partial charge is 0.352 e. The number of fused-ring (bicyclic) bond motifs is 1. The lowest BCUT2D eigenvalue weighted by atomic mass is 10.00. The standard InChI is InChI=1S/C18H21ClN4/c19-15-6-5-14-12-23(10-8-13(14)11-15)17-7-9-20-18(22-17)21-16-3-1-2-4-16/h5-7,9,11,16H,1-4,8,10,12H2,(H,20,21,22). The minimum atomic E-state index is 0.537. The van der Waals surface area contributed by atoms with Crippen LogP contribution in [0.3, 0.4) is 0 Å². The summed E-state index contributed by atoms with van der Waals surface area (Å²) in [4.78, 5) is 11.4. The fourth-order valence-electron chi connectivity index (χ4n) is 3.56. The Labute approximate surface area is 141 Å². The second kappa shape index (κ2) is 6.36. The fraction of sp³-hybridized carbons (Fsp3) is 0.444. The van der Waals surface area contributed by atoms with Gasteiger partial charge in [-0.05, 0) is 48.6 Å². The first-order chi connectivity index (χ1) is 11.3. The van der Waals surface area contributed by atoms with Crippen LogP contribution in [0.5, 0.6) is 0 Å². The highest BCUT2D eigenvalue weighted by molar-refractivity contribution is 6.30. The average molecular weight is 329 g/mol. The molecule has 1 aromatic heterocycles. The molecular formula is C18H21ClN4. The lowest BCUT2D eigenvalue weighted by molar-refractivity contribution is 0.713. The van der Waals surface area contributed by atoms with E-state index in [1.54, 1.807) is 0 Å². The van der Waals surface area contributed by atoms with Crippen LogP contribution in [-0.4, -0.2) is 22.6 Å². The molecule has 0 radical (unpaired) electrons. The van der Waals surface area contributed by atoms with E-state index in [9.17, 15) is 0 Å². The zero-order valence-corrected chi connectivity index (χ0v) is 13.9. The van der Waals surface area contributed by atoms with Crippen molar-refractivity contribution in [2.75, 3.05) is 16.8 Å². The predicted molar refractivity (Wildman–Crippen MR) is 94.1 cm³/mol. The number of benzene rings is 1. The fourth-order valence-corrected chi connectivity index (χ4v) is 3.76. The van der Waals surface area contributed by atoms with Crippen LogP contribution < -0.4 is 10.2 Å². The first-order valence-electron chi connectivity index (χ1n) is 8.40. The molecule has 0 unspecified atom stereocenters. The molecule has 1 saturated carbocycles. The van der Waals surface area contributed by atoms with Crippen LogP contribution >= 0.6 is 11.6 Å². The van der Waals surface area contributed by atoms with Crippen molar-refractivity contribution in [2.45, 2.75) is 44.7 Å². The first-order valence-corrected chi connectivity index (χ1v) is 8.77. The molecular weight excluding hydrogens is 308 g/mol. The predicted octanol–water partition coefficient (Wildman–Crippen LogP) is 4.05. The van der Waals surface area contributed by atoms with Crippen molar-refractivity contribution in [3.8, 4) is 0 Å². The van der Waals surface area contributed by atoms with Gasteiger partial charge in [-0.3, -0.25) is 0 Å². The molecule has 120 valence electrons. The van der Waals surface area contributed by atoms with Gasteiger partial charge in [0.2, 0.25) is 5.95 Å².